The molecule has 4 nitrogen and oxygen atoms in total. The molecule has 1 atom stereocenters. The van der Waals surface area contributed by atoms with Gasteiger partial charge in [-0.3, -0.25) is 4.79 Å². The van der Waals surface area contributed by atoms with E-state index in [2.05, 4.69) is 5.32 Å². The van der Waals surface area contributed by atoms with Crippen molar-refractivity contribution in [3.05, 3.63) is 35.6 Å². The Hall–Kier alpha value is -1.46. The Morgan fingerprint density at radius 2 is 2.11 bits per heavy atom. The van der Waals surface area contributed by atoms with Crippen LogP contribution in [-0.2, 0) is 10.2 Å². The normalized spacial score (nSPS) is 13.3. The van der Waals surface area contributed by atoms with Crippen LogP contribution in [0.3, 0.4) is 0 Å². The molecule has 0 aliphatic carbocycles. The molecule has 0 aliphatic heterocycles. The van der Waals surface area contributed by atoms with Gasteiger partial charge in [0, 0.05) is 12.0 Å². The third kappa shape index (κ3) is 4.61. The van der Waals surface area contributed by atoms with E-state index in [1.807, 2.05) is 13.8 Å². The van der Waals surface area contributed by atoms with Crippen molar-refractivity contribution in [3.8, 4) is 0 Å². The lowest BCUT2D eigenvalue weighted by Gasteiger charge is -2.26. The van der Waals surface area contributed by atoms with Crippen molar-refractivity contribution in [2.75, 3.05) is 13.1 Å². The maximum absolute atomic E-state index is 13.7. The van der Waals surface area contributed by atoms with Gasteiger partial charge in [0.2, 0.25) is 0 Å². The molecule has 19 heavy (non-hydrogen) atoms. The standard InChI is InChI=1S/C14H21FN2O2/c1-14(2,10-5-3-4-6-11(10)15)9-17-8-7-12(16)13(18)19/h3-6,12,17H,7-9,16H2,1-2H3,(H,18,19). The first kappa shape index (κ1) is 15.6. The van der Waals surface area contributed by atoms with Crippen molar-refractivity contribution in [1.29, 1.82) is 0 Å². The molecular formula is C14H21FN2O2. The maximum Gasteiger partial charge on any atom is 0.320 e. The topological polar surface area (TPSA) is 75.3 Å². The second-order valence-corrected chi connectivity index (χ2v) is 5.27. The van der Waals surface area contributed by atoms with Crippen molar-refractivity contribution < 1.29 is 14.3 Å². The summed E-state index contributed by atoms with van der Waals surface area (Å²) in [6, 6.07) is 5.82. The third-order valence-electron chi connectivity index (χ3n) is 3.12. The average Bonchev–Trinajstić information content (AvgIpc) is 2.34. The van der Waals surface area contributed by atoms with Gasteiger partial charge in [0.15, 0.2) is 0 Å². The molecule has 0 heterocycles. The van der Waals surface area contributed by atoms with Gasteiger partial charge in [0.25, 0.3) is 0 Å². The van der Waals surface area contributed by atoms with Crippen LogP contribution >= 0.6 is 0 Å². The average molecular weight is 268 g/mol. The minimum Gasteiger partial charge on any atom is -0.480 e. The first-order valence-electron chi connectivity index (χ1n) is 6.28. The fourth-order valence-electron chi connectivity index (χ4n) is 1.89. The lowest BCUT2D eigenvalue weighted by atomic mass is 9.84. The molecule has 0 spiro atoms. The largest absolute Gasteiger partial charge is 0.480 e. The van der Waals surface area contributed by atoms with Crippen LogP contribution in [0.5, 0.6) is 0 Å². The van der Waals surface area contributed by atoms with Gasteiger partial charge in [-0.05, 0) is 24.6 Å². The SMILES string of the molecule is CC(C)(CNCCC(N)C(=O)O)c1ccccc1F. The summed E-state index contributed by atoms with van der Waals surface area (Å²) in [5.41, 5.74) is 5.68. The molecule has 1 rings (SSSR count). The Morgan fingerprint density at radius 1 is 1.47 bits per heavy atom. The summed E-state index contributed by atoms with van der Waals surface area (Å²) < 4.78 is 13.7. The maximum atomic E-state index is 13.7. The molecule has 1 aromatic rings. The highest BCUT2D eigenvalue weighted by Gasteiger charge is 2.23. The van der Waals surface area contributed by atoms with E-state index in [1.54, 1.807) is 18.2 Å². The molecule has 1 unspecified atom stereocenters. The van der Waals surface area contributed by atoms with Gasteiger partial charge in [-0.25, -0.2) is 4.39 Å². The lowest BCUT2D eigenvalue weighted by molar-refractivity contribution is -0.138. The van der Waals surface area contributed by atoms with Gasteiger partial charge < -0.3 is 16.2 Å². The smallest absolute Gasteiger partial charge is 0.320 e. The van der Waals surface area contributed by atoms with Gasteiger partial charge in [-0.2, -0.15) is 0 Å². The number of hydrogen-bond acceptors (Lipinski definition) is 3. The molecule has 0 fully saturated rings. The molecule has 1 aromatic carbocycles. The highest BCUT2D eigenvalue weighted by atomic mass is 19.1. The first-order chi connectivity index (χ1) is 8.84. The van der Waals surface area contributed by atoms with Crippen LogP contribution < -0.4 is 11.1 Å². The van der Waals surface area contributed by atoms with E-state index in [4.69, 9.17) is 10.8 Å². The Morgan fingerprint density at radius 3 is 2.68 bits per heavy atom. The number of nitrogens with two attached hydrogens (primary N) is 1. The van der Waals surface area contributed by atoms with Crippen LogP contribution in [0.2, 0.25) is 0 Å². The summed E-state index contributed by atoms with van der Waals surface area (Å²) >= 11 is 0. The van der Waals surface area contributed by atoms with Crippen LogP contribution in [0.1, 0.15) is 25.8 Å². The Bertz CT molecular complexity index is 435. The molecule has 0 aliphatic rings. The van der Waals surface area contributed by atoms with Crippen LogP contribution in [0.15, 0.2) is 24.3 Å². The zero-order chi connectivity index (χ0) is 14.5. The zero-order valence-electron chi connectivity index (χ0n) is 11.3. The van der Waals surface area contributed by atoms with Crippen molar-refractivity contribution in [2.45, 2.75) is 31.7 Å². The molecule has 0 radical (unpaired) electrons. The van der Waals surface area contributed by atoms with Gasteiger partial charge in [-0.1, -0.05) is 32.0 Å². The number of carboxylic acids is 1. The van der Waals surface area contributed by atoms with Gasteiger partial charge in [-0.15, -0.1) is 0 Å². The fourth-order valence-corrected chi connectivity index (χ4v) is 1.89. The highest BCUT2D eigenvalue weighted by molar-refractivity contribution is 5.72. The molecule has 106 valence electrons. The predicted octanol–water partition coefficient (Wildman–Crippen LogP) is 1.49. The number of benzene rings is 1. The molecule has 4 N–H and O–H groups in total. The minimum atomic E-state index is -1.00. The van der Waals surface area contributed by atoms with Crippen LogP contribution in [0.25, 0.3) is 0 Å². The van der Waals surface area contributed by atoms with Crippen molar-refractivity contribution in [1.82, 2.24) is 5.32 Å². The summed E-state index contributed by atoms with van der Waals surface area (Å²) in [4.78, 5) is 10.6. The van der Waals surface area contributed by atoms with Crippen molar-refractivity contribution in [2.24, 2.45) is 5.73 Å². The van der Waals surface area contributed by atoms with Crippen LogP contribution in [-0.4, -0.2) is 30.2 Å². The van der Waals surface area contributed by atoms with E-state index in [-0.39, 0.29) is 11.2 Å². The number of rotatable bonds is 7. The monoisotopic (exact) mass is 268 g/mol. The van der Waals surface area contributed by atoms with Crippen molar-refractivity contribution in [3.63, 3.8) is 0 Å². The molecule has 0 amide bonds. The number of hydrogen-bond donors (Lipinski definition) is 3. The number of carboxylic acid groups (broad SMARTS) is 1. The summed E-state index contributed by atoms with van der Waals surface area (Å²) in [7, 11) is 0. The lowest BCUT2D eigenvalue weighted by Crippen LogP contribution is -2.38. The molecule has 0 saturated carbocycles. The van der Waals surface area contributed by atoms with E-state index in [9.17, 15) is 9.18 Å². The molecule has 0 bridgehead atoms. The van der Waals surface area contributed by atoms with E-state index < -0.39 is 12.0 Å². The van der Waals surface area contributed by atoms with E-state index in [0.717, 1.165) is 0 Å². The number of halogens is 1. The summed E-state index contributed by atoms with van der Waals surface area (Å²) in [6.45, 7) is 4.93. The summed E-state index contributed by atoms with van der Waals surface area (Å²) in [6.07, 6.45) is 0.350. The molecule has 0 saturated heterocycles. The first-order valence-corrected chi connectivity index (χ1v) is 6.28. The second-order valence-electron chi connectivity index (χ2n) is 5.27. The zero-order valence-corrected chi connectivity index (χ0v) is 11.3. The van der Waals surface area contributed by atoms with E-state index in [0.29, 0.717) is 25.1 Å². The number of carbonyl (C=O) groups is 1. The molecule has 5 heteroatoms. The highest BCUT2D eigenvalue weighted by Crippen LogP contribution is 2.24. The quantitative estimate of drug-likeness (QED) is 0.655. The molecule has 0 aromatic heterocycles. The summed E-state index contributed by atoms with van der Waals surface area (Å²) in [5.74, 6) is -1.23. The van der Waals surface area contributed by atoms with E-state index >= 15 is 0 Å². The minimum absolute atomic E-state index is 0.225. The number of aliphatic carboxylic acids is 1. The van der Waals surface area contributed by atoms with Crippen LogP contribution in [0.4, 0.5) is 4.39 Å². The van der Waals surface area contributed by atoms with E-state index in [1.165, 1.54) is 6.07 Å². The molecular weight excluding hydrogens is 247 g/mol. The Labute approximate surface area is 112 Å². The second kappa shape index (κ2) is 6.63. The predicted molar refractivity (Wildman–Crippen MR) is 72.5 cm³/mol. The Balaban J connectivity index is 2.48. The van der Waals surface area contributed by atoms with Crippen molar-refractivity contribution >= 4 is 5.97 Å². The fraction of sp³-hybridized carbons (Fsp3) is 0.500. The third-order valence-corrected chi connectivity index (χ3v) is 3.12. The van der Waals surface area contributed by atoms with Crippen LogP contribution in [0, 0.1) is 5.82 Å². The summed E-state index contributed by atoms with van der Waals surface area (Å²) in [5, 5.41) is 11.8. The Kier molecular flexibility index (Phi) is 5.44. The van der Waals surface area contributed by atoms with Gasteiger partial charge in [0.05, 0.1) is 0 Å². The number of nitrogens with one attached hydrogen (secondary N) is 1. The van der Waals surface area contributed by atoms with Gasteiger partial charge >= 0.3 is 5.97 Å². The van der Waals surface area contributed by atoms with Gasteiger partial charge in [0.1, 0.15) is 11.9 Å².